The van der Waals surface area contributed by atoms with E-state index in [0.29, 0.717) is 45.4 Å². The SMILES string of the molecule is CC(C)(CCOC(C)(C)CCN)NC(=O)CCC(C)(C)OCCC(C)(C)N1C(=O)C=CC1=O. The van der Waals surface area contributed by atoms with Gasteiger partial charge < -0.3 is 20.5 Å². The lowest BCUT2D eigenvalue weighted by Crippen LogP contribution is -2.48. The van der Waals surface area contributed by atoms with Crippen molar-refractivity contribution in [1.82, 2.24) is 10.2 Å². The number of carbonyl (C=O) groups excluding carboxylic acids is 3. The minimum absolute atomic E-state index is 0.0300. The van der Waals surface area contributed by atoms with Crippen LogP contribution in [0.15, 0.2) is 12.2 Å². The highest BCUT2D eigenvalue weighted by atomic mass is 16.5. The summed E-state index contributed by atoms with van der Waals surface area (Å²) in [6.07, 6.45) is 5.47. The van der Waals surface area contributed by atoms with Gasteiger partial charge in [-0.05, 0) is 87.6 Å². The van der Waals surface area contributed by atoms with Crippen molar-refractivity contribution in [1.29, 1.82) is 0 Å². The number of ether oxygens (including phenoxy) is 2. The second-order valence-electron chi connectivity index (χ2n) is 11.3. The molecule has 0 saturated carbocycles. The summed E-state index contributed by atoms with van der Waals surface area (Å²) in [7, 11) is 0. The van der Waals surface area contributed by atoms with Gasteiger partial charge in [0.25, 0.3) is 11.8 Å². The van der Waals surface area contributed by atoms with Gasteiger partial charge in [0.2, 0.25) is 5.91 Å². The Hall–Kier alpha value is -1.77. The van der Waals surface area contributed by atoms with Crippen LogP contribution in [0.2, 0.25) is 0 Å². The van der Waals surface area contributed by atoms with Crippen LogP contribution in [-0.2, 0) is 23.9 Å². The Morgan fingerprint density at radius 2 is 1.33 bits per heavy atom. The van der Waals surface area contributed by atoms with Crippen molar-refractivity contribution in [2.45, 2.75) is 110 Å². The van der Waals surface area contributed by atoms with Crippen LogP contribution in [0.4, 0.5) is 0 Å². The zero-order valence-corrected chi connectivity index (χ0v) is 21.9. The van der Waals surface area contributed by atoms with E-state index >= 15 is 0 Å². The Labute approximate surface area is 199 Å². The largest absolute Gasteiger partial charge is 0.375 e. The van der Waals surface area contributed by atoms with Crippen molar-refractivity contribution < 1.29 is 23.9 Å². The molecule has 0 radical (unpaired) electrons. The van der Waals surface area contributed by atoms with Gasteiger partial charge in [-0.3, -0.25) is 19.3 Å². The Morgan fingerprint density at radius 3 is 1.85 bits per heavy atom. The quantitative estimate of drug-likeness (QED) is 0.358. The average molecular weight is 468 g/mol. The van der Waals surface area contributed by atoms with Crippen molar-refractivity contribution in [3.05, 3.63) is 12.2 Å². The first-order chi connectivity index (χ1) is 15.0. The fraction of sp³-hybridized carbons (Fsp3) is 0.800. The van der Waals surface area contributed by atoms with Gasteiger partial charge >= 0.3 is 0 Å². The summed E-state index contributed by atoms with van der Waals surface area (Å²) in [6, 6.07) is 0. The van der Waals surface area contributed by atoms with Crippen LogP contribution in [0.3, 0.4) is 0 Å². The molecule has 1 aliphatic heterocycles. The molecule has 33 heavy (non-hydrogen) atoms. The lowest BCUT2D eigenvalue weighted by Gasteiger charge is -2.35. The summed E-state index contributed by atoms with van der Waals surface area (Å²) in [6.45, 7) is 17.1. The van der Waals surface area contributed by atoms with Gasteiger partial charge in [0.15, 0.2) is 0 Å². The molecule has 3 amide bonds. The molecule has 8 nitrogen and oxygen atoms in total. The minimum Gasteiger partial charge on any atom is -0.375 e. The zero-order valence-electron chi connectivity index (χ0n) is 21.9. The first-order valence-electron chi connectivity index (χ1n) is 11.9. The van der Waals surface area contributed by atoms with E-state index in [0.717, 1.165) is 6.42 Å². The van der Waals surface area contributed by atoms with E-state index in [1.54, 1.807) is 0 Å². The molecule has 8 heteroatoms. The molecule has 190 valence electrons. The van der Waals surface area contributed by atoms with Crippen LogP contribution >= 0.6 is 0 Å². The molecule has 3 N–H and O–H groups in total. The summed E-state index contributed by atoms with van der Waals surface area (Å²) in [5.74, 6) is -0.619. The van der Waals surface area contributed by atoms with Gasteiger partial charge in [-0.2, -0.15) is 0 Å². The topological polar surface area (TPSA) is 111 Å². The van der Waals surface area contributed by atoms with Crippen molar-refractivity contribution in [3.8, 4) is 0 Å². The third kappa shape index (κ3) is 10.4. The summed E-state index contributed by atoms with van der Waals surface area (Å²) in [5, 5.41) is 3.09. The summed E-state index contributed by atoms with van der Waals surface area (Å²) < 4.78 is 11.9. The highest BCUT2D eigenvalue weighted by Crippen LogP contribution is 2.25. The third-order valence-electron chi connectivity index (χ3n) is 6.02. The lowest BCUT2D eigenvalue weighted by atomic mass is 9.97. The predicted octanol–water partition coefficient (Wildman–Crippen LogP) is 3.08. The minimum atomic E-state index is -0.643. The third-order valence-corrected chi connectivity index (χ3v) is 6.02. The number of imide groups is 1. The number of carbonyl (C=O) groups is 3. The second-order valence-corrected chi connectivity index (χ2v) is 11.3. The van der Waals surface area contributed by atoms with E-state index in [9.17, 15) is 14.4 Å². The molecule has 1 heterocycles. The Morgan fingerprint density at radius 1 is 0.848 bits per heavy atom. The van der Waals surface area contributed by atoms with Gasteiger partial charge in [-0.15, -0.1) is 0 Å². The number of nitrogens with one attached hydrogen (secondary N) is 1. The van der Waals surface area contributed by atoms with Crippen molar-refractivity contribution >= 4 is 17.7 Å². The molecule has 0 aromatic carbocycles. The molecule has 0 aromatic rings. The van der Waals surface area contributed by atoms with Crippen molar-refractivity contribution in [2.75, 3.05) is 19.8 Å². The highest BCUT2D eigenvalue weighted by Gasteiger charge is 2.37. The van der Waals surface area contributed by atoms with Gasteiger partial charge in [-0.25, -0.2) is 0 Å². The number of nitrogens with zero attached hydrogens (tertiary/aromatic N) is 1. The Balaban J connectivity index is 2.40. The fourth-order valence-corrected chi connectivity index (χ4v) is 3.68. The first kappa shape index (κ1) is 29.3. The van der Waals surface area contributed by atoms with E-state index in [1.807, 2.05) is 55.4 Å². The van der Waals surface area contributed by atoms with Crippen LogP contribution in [-0.4, -0.2) is 64.7 Å². The van der Waals surface area contributed by atoms with Crippen LogP contribution in [0.25, 0.3) is 0 Å². The molecule has 0 unspecified atom stereocenters. The summed E-state index contributed by atoms with van der Waals surface area (Å²) in [5.41, 5.74) is 3.82. The highest BCUT2D eigenvalue weighted by molar-refractivity contribution is 6.13. The van der Waals surface area contributed by atoms with Gasteiger partial charge in [-0.1, -0.05) is 0 Å². The van der Waals surface area contributed by atoms with E-state index < -0.39 is 11.1 Å². The number of hydrogen-bond donors (Lipinski definition) is 2. The maximum atomic E-state index is 12.5. The zero-order chi connectivity index (χ0) is 25.5. The molecule has 0 saturated heterocycles. The number of hydrogen-bond acceptors (Lipinski definition) is 6. The molecule has 0 aromatic heterocycles. The smallest absolute Gasteiger partial charge is 0.254 e. The summed E-state index contributed by atoms with van der Waals surface area (Å²) >= 11 is 0. The average Bonchev–Trinajstić information content (AvgIpc) is 2.98. The molecular weight excluding hydrogens is 422 g/mol. The number of rotatable bonds is 15. The predicted molar refractivity (Wildman–Crippen MR) is 129 cm³/mol. The van der Waals surface area contributed by atoms with E-state index in [1.165, 1.54) is 17.1 Å². The second kappa shape index (κ2) is 11.6. The molecule has 1 rings (SSSR count). The van der Waals surface area contributed by atoms with E-state index in [-0.39, 0.29) is 28.9 Å². The van der Waals surface area contributed by atoms with Crippen LogP contribution in [0.5, 0.6) is 0 Å². The first-order valence-corrected chi connectivity index (χ1v) is 11.9. The molecule has 1 aliphatic rings. The van der Waals surface area contributed by atoms with Crippen LogP contribution < -0.4 is 11.1 Å². The van der Waals surface area contributed by atoms with E-state index in [4.69, 9.17) is 15.2 Å². The molecule has 0 atom stereocenters. The summed E-state index contributed by atoms with van der Waals surface area (Å²) in [4.78, 5) is 37.7. The molecule has 0 aliphatic carbocycles. The molecule has 0 spiro atoms. The fourth-order valence-electron chi connectivity index (χ4n) is 3.68. The van der Waals surface area contributed by atoms with E-state index in [2.05, 4.69) is 5.32 Å². The maximum absolute atomic E-state index is 12.5. The van der Waals surface area contributed by atoms with Crippen molar-refractivity contribution in [3.63, 3.8) is 0 Å². The number of amides is 3. The van der Waals surface area contributed by atoms with Gasteiger partial charge in [0.1, 0.15) is 0 Å². The van der Waals surface area contributed by atoms with Crippen LogP contribution in [0.1, 0.15) is 87.5 Å². The van der Waals surface area contributed by atoms with Gasteiger partial charge in [0, 0.05) is 42.9 Å². The monoisotopic (exact) mass is 467 g/mol. The van der Waals surface area contributed by atoms with Crippen molar-refractivity contribution in [2.24, 2.45) is 5.73 Å². The number of nitrogens with two attached hydrogens (primary N) is 1. The maximum Gasteiger partial charge on any atom is 0.254 e. The molecule has 0 fully saturated rings. The normalized spacial score (nSPS) is 15.5. The molecular formula is C25H45N3O5. The molecule has 0 bridgehead atoms. The van der Waals surface area contributed by atoms with Crippen LogP contribution in [0, 0.1) is 0 Å². The Kier molecular flexibility index (Phi) is 10.3. The Bertz CT molecular complexity index is 708. The lowest BCUT2D eigenvalue weighted by molar-refractivity contribution is -0.144. The van der Waals surface area contributed by atoms with Gasteiger partial charge in [0.05, 0.1) is 11.2 Å². The standard InChI is InChI=1S/C25H45N3O5/c1-22(2,14-17-32-25(7,8)13-16-26)27-19(29)11-12-24(5,6)33-18-15-23(3,4)28-20(30)9-10-21(28)31/h9-10H,11-18,26H2,1-8H3,(H,27,29).